The summed E-state index contributed by atoms with van der Waals surface area (Å²) in [4.78, 5) is 20.7. The van der Waals surface area contributed by atoms with Gasteiger partial charge >= 0.3 is 0 Å². The number of hydrogen-bond donors (Lipinski definition) is 3. The molecule has 2 amide bonds. The number of carbonyl (C=O) groups is 2. The second-order valence-corrected chi connectivity index (χ2v) is 2.42. The summed E-state index contributed by atoms with van der Waals surface area (Å²) in [5, 5.41) is 0. The molecule has 5 nitrogen and oxygen atoms in total. The Morgan fingerprint density at radius 3 is 1.90 bits per heavy atom. The van der Waals surface area contributed by atoms with E-state index >= 15 is 0 Å². The highest BCUT2D eigenvalue weighted by Gasteiger charge is 2.27. The van der Waals surface area contributed by atoms with E-state index in [0.29, 0.717) is 0 Å². The number of rotatable bonds is 3. The number of amides is 2. The highest BCUT2D eigenvalue weighted by atomic mass is 16.2. The van der Waals surface area contributed by atoms with E-state index in [0.717, 1.165) is 0 Å². The van der Waals surface area contributed by atoms with Gasteiger partial charge in [0.2, 0.25) is 11.8 Å². The SMILES string of the molecule is C[C@](N)(CC(N)=O)C(N)=O. The van der Waals surface area contributed by atoms with Crippen molar-refractivity contribution in [1.29, 1.82) is 0 Å². The third kappa shape index (κ3) is 2.45. The molecule has 0 saturated carbocycles. The number of hydrogen-bond acceptors (Lipinski definition) is 3. The number of carbonyl (C=O) groups excluding carboxylic acids is 2. The van der Waals surface area contributed by atoms with Crippen molar-refractivity contribution in [2.24, 2.45) is 17.2 Å². The summed E-state index contributed by atoms with van der Waals surface area (Å²) >= 11 is 0. The lowest BCUT2D eigenvalue weighted by atomic mass is 9.99. The third-order valence-corrected chi connectivity index (χ3v) is 1.10. The first-order valence-electron chi connectivity index (χ1n) is 2.73. The Hall–Kier alpha value is -1.10. The van der Waals surface area contributed by atoms with Crippen molar-refractivity contribution in [3.8, 4) is 0 Å². The van der Waals surface area contributed by atoms with Gasteiger partial charge in [-0.25, -0.2) is 0 Å². The first kappa shape index (κ1) is 8.90. The highest BCUT2D eigenvalue weighted by Crippen LogP contribution is 2.02. The molecule has 0 aliphatic rings. The molecule has 6 N–H and O–H groups in total. The quantitative estimate of drug-likeness (QED) is 0.429. The lowest BCUT2D eigenvalue weighted by Crippen LogP contribution is -2.51. The number of primary amides is 2. The van der Waals surface area contributed by atoms with Crippen molar-refractivity contribution in [1.82, 2.24) is 0 Å². The van der Waals surface area contributed by atoms with Gasteiger partial charge in [-0.15, -0.1) is 0 Å². The van der Waals surface area contributed by atoms with Crippen molar-refractivity contribution >= 4 is 11.8 Å². The molecule has 58 valence electrons. The van der Waals surface area contributed by atoms with Gasteiger partial charge in [0.1, 0.15) is 5.54 Å². The van der Waals surface area contributed by atoms with Crippen LogP contribution in [0.2, 0.25) is 0 Å². The van der Waals surface area contributed by atoms with Crippen LogP contribution in [0.3, 0.4) is 0 Å². The highest BCUT2D eigenvalue weighted by molar-refractivity contribution is 5.89. The molecule has 1 atom stereocenters. The van der Waals surface area contributed by atoms with Gasteiger partial charge in [-0.1, -0.05) is 0 Å². The Bertz CT molecular complexity index is 164. The molecule has 0 aromatic heterocycles. The summed E-state index contributed by atoms with van der Waals surface area (Å²) in [6.45, 7) is 1.36. The Kier molecular flexibility index (Phi) is 2.36. The van der Waals surface area contributed by atoms with Gasteiger partial charge in [0, 0.05) is 0 Å². The molecular weight excluding hydrogens is 134 g/mol. The molecule has 10 heavy (non-hydrogen) atoms. The molecule has 0 bridgehead atoms. The van der Waals surface area contributed by atoms with Gasteiger partial charge < -0.3 is 17.2 Å². The standard InChI is InChI=1S/C5H11N3O2/c1-5(8,4(7)10)2-3(6)9/h2,8H2,1H3,(H2,6,9)(H2,7,10)/t5-/m0/s1. The van der Waals surface area contributed by atoms with E-state index in [1.54, 1.807) is 0 Å². The van der Waals surface area contributed by atoms with Crippen molar-refractivity contribution < 1.29 is 9.59 Å². The fraction of sp³-hybridized carbons (Fsp3) is 0.600. The van der Waals surface area contributed by atoms with Crippen LogP contribution in [0.4, 0.5) is 0 Å². The fourth-order valence-electron chi connectivity index (χ4n) is 0.449. The molecule has 0 aliphatic carbocycles. The predicted octanol–water partition coefficient (Wildman–Crippen LogP) is -1.94. The lowest BCUT2D eigenvalue weighted by molar-refractivity contribution is -0.127. The maximum Gasteiger partial charge on any atom is 0.237 e. The predicted molar refractivity (Wildman–Crippen MR) is 35.6 cm³/mol. The Labute approximate surface area is 58.5 Å². The topological polar surface area (TPSA) is 112 Å². The van der Waals surface area contributed by atoms with E-state index < -0.39 is 17.4 Å². The monoisotopic (exact) mass is 145 g/mol. The van der Waals surface area contributed by atoms with Crippen LogP contribution in [-0.4, -0.2) is 17.4 Å². The van der Waals surface area contributed by atoms with Crippen molar-refractivity contribution in [3.05, 3.63) is 0 Å². The molecule has 0 heterocycles. The van der Waals surface area contributed by atoms with Gasteiger partial charge in [-0.2, -0.15) is 0 Å². The van der Waals surface area contributed by atoms with E-state index in [4.69, 9.17) is 17.2 Å². The molecule has 5 heteroatoms. The Morgan fingerprint density at radius 1 is 1.40 bits per heavy atom. The van der Waals surface area contributed by atoms with Crippen LogP contribution in [0.15, 0.2) is 0 Å². The zero-order valence-electron chi connectivity index (χ0n) is 5.76. The van der Waals surface area contributed by atoms with Gasteiger partial charge in [-0.3, -0.25) is 9.59 Å². The van der Waals surface area contributed by atoms with Gasteiger partial charge in [0.15, 0.2) is 0 Å². The number of nitrogens with two attached hydrogens (primary N) is 3. The summed E-state index contributed by atoms with van der Waals surface area (Å²) < 4.78 is 0. The molecule has 0 fully saturated rings. The van der Waals surface area contributed by atoms with E-state index in [1.165, 1.54) is 6.92 Å². The summed E-state index contributed by atoms with van der Waals surface area (Å²) in [6.07, 6.45) is -0.220. The van der Waals surface area contributed by atoms with Crippen LogP contribution >= 0.6 is 0 Å². The summed E-state index contributed by atoms with van der Waals surface area (Å²) in [5.41, 5.74) is 13.6. The average Bonchev–Trinajstić information content (AvgIpc) is 1.60. The smallest absolute Gasteiger partial charge is 0.237 e. The van der Waals surface area contributed by atoms with E-state index in [1.807, 2.05) is 0 Å². The molecule has 0 saturated heterocycles. The van der Waals surface area contributed by atoms with Crippen LogP contribution in [0.1, 0.15) is 13.3 Å². The fourth-order valence-corrected chi connectivity index (χ4v) is 0.449. The molecule has 0 spiro atoms. The normalized spacial score (nSPS) is 15.8. The van der Waals surface area contributed by atoms with Crippen LogP contribution in [-0.2, 0) is 9.59 Å². The maximum atomic E-state index is 10.4. The summed E-state index contributed by atoms with van der Waals surface area (Å²) in [6, 6.07) is 0. The average molecular weight is 145 g/mol. The lowest BCUT2D eigenvalue weighted by Gasteiger charge is -2.17. The van der Waals surface area contributed by atoms with E-state index in [-0.39, 0.29) is 6.42 Å². The summed E-state index contributed by atoms with van der Waals surface area (Å²) in [7, 11) is 0. The molecule has 0 aliphatic heterocycles. The van der Waals surface area contributed by atoms with Crippen molar-refractivity contribution in [2.75, 3.05) is 0 Å². The minimum atomic E-state index is -1.31. The largest absolute Gasteiger partial charge is 0.370 e. The first-order chi connectivity index (χ1) is 4.36. The van der Waals surface area contributed by atoms with Gasteiger partial charge in [-0.05, 0) is 6.92 Å². The van der Waals surface area contributed by atoms with Crippen LogP contribution in [0, 0.1) is 0 Å². The third-order valence-electron chi connectivity index (χ3n) is 1.10. The van der Waals surface area contributed by atoms with Crippen molar-refractivity contribution in [2.45, 2.75) is 18.9 Å². The second kappa shape index (κ2) is 2.66. The zero-order valence-corrected chi connectivity index (χ0v) is 5.76. The first-order valence-corrected chi connectivity index (χ1v) is 2.73. The summed E-state index contributed by atoms with van der Waals surface area (Å²) in [5.74, 6) is -1.37. The zero-order chi connectivity index (χ0) is 8.36. The Morgan fingerprint density at radius 2 is 1.80 bits per heavy atom. The maximum absolute atomic E-state index is 10.4. The van der Waals surface area contributed by atoms with E-state index in [9.17, 15) is 9.59 Å². The Balaban J connectivity index is 4.13. The van der Waals surface area contributed by atoms with Crippen LogP contribution in [0.25, 0.3) is 0 Å². The van der Waals surface area contributed by atoms with Crippen LogP contribution in [0.5, 0.6) is 0 Å². The van der Waals surface area contributed by atoms with Crippen molar-refractivity contribution in [3.63, 3.8) is 0 Å². The second-order valence-electron chi connectivity index (χ2n) is 2.42. The molecular formula is C5H11N3O2. The van der Waals surface area contributed by atoms with Gasteiger partial charge in [0.25, 0.3) is 0 Å². The van der Waals surface area contributed by atoms with E-state index in [2.05, 4.69) is 0 Å². The minimum absolute atomic E-state index is 0.220. The van der Waals surface area contributed by atoms with Gasteiger partial charge in [0.05, 0.1) is 6.42 Å². The molecule has 0 rings (SSSR count). The molecule has 0 aromatic rings. The molecule has 0 unspecified atom stereocenters. The van der Waals surface area contributed by atoms with Crippen LogP contribution < -0.4 is 17.2 Å². The molecule has 0 radical (unpaired) electrons. The molecule has 0 aromatic carbocycles. The minimum Gasteiger partial charge on any atom is -0.370 e.